The van der Waals surface area contributed by atoms with E-state index in [1.165, 1.54) is 32.1 Å². The fourth-order valence-corrected chi connectivity index (χ4v) is 8.78. The SMILES string of the molecule is CC[C@@H]1[C@@H](O)C2C3CCC(CCCC#N)[C@@]3(C)CCC2[C@@]2(C)CCC(=O)C[C@@H]12. The minimum atomic E-state index is -0.235. The molecule has 4 saturated carbocycles. The van der Waals surface area contributed by atoms with E-state index in [9.17, 15) is 9.90 Å². The van der Waals surface area contributed by atoms with Crippen molar-refractivity contribution in [3.63, 3.8) is 0 Å². The Morgan fingerprint density at radius 3 is 2.57 bits per heavy atom. The lowest BCUT2D eigenvalue weighted by molar-refractivity contribution is -0.193. The second-order valence-corrected chi connectivity index (χ2v) is 11.1. The number of carbonyl (C=O) groups is 1. The van der Waals surface area contributed by atoms with Gasteiger partial charge in [-0.15, -0.1) is 0 Å². The fourth-order valence-electron chi connectivity index (χ4n) is 8.78. The molecule has 3 heteroatoms. The molecular weight excluding hydrogens is 346 g/mol. The number of nitrogens with zero attached hydrogens (tertiary/aromatic N) is 1. The van der Waals surface area contributed by atoms with E-state index in [1.54, 1.807) is 0 Å². The van der Waals surface area contributed by atoms with Crippen molar-refractivity contribution in [2.45, 2.75) is 97.5 Å². The Labute approximate surface area is 171 Å². The summed E-state index contributed by atoms with van der Waals surface area (Å²) in [6.45, 7) is 7.19. The molecular formula is C25H39NO2. The molecule has 1 N–H and O–H groups in total. The number of hydrogen-bond acceptors (Lipinski definition) is 3. The van der Waals surface area contributed by atoms with Gasteiger partial charge < -0.3 is 5.11 Å². The Kier molecular flexibility index (Phi) is 5.41. The lowest BCUT2D eigenvalue weighted by Gasteiger charge is -2.64. The topological polar surface area (TPSA) is 61.1 Å². The highest BCUT2D eigenvalue weighted by molar-refractivity contribution is 5.79. The number of nitriles is 1. The van der Waals surface area contributed by atoms with Crippen molar-refractivity contribution in [1.29, 1.82) is 5.26 Å². The van der Waals surface area contributed by atoms with Crippen molar-refractivity contribution in [2.24, 2.45) is 46.3 Å². The number of fused-ring (bicyclic) bond motifs is 5. The number of Topliss-reactive ketones (excluding diaryl/α,β-unsaturated/α-hetero) is 1. The Bertz CT molecular complexity index is 653. The Morgan fingerprint density at radius 2 is 1.86 bits per heavy atom. The van der Waals surface area contributed by atoms with Crippen LogP contribution in [0.25, 0.3) is 0 Å². The van der Waals surface area contributed by atoms with E-state index in [2.05, 4.69) is 26.8 Å². The standard InChI is InChI=1S/C25H39NO2/c1-4-18-21-15-17(27)10-12-25(21,3)20-11-13-24(2)16(7-5-6-14-26)8-9-19(24)22(20)23(18)28/h16,18-23,28H,4-13,15H2,1-3H3/t16?,18-,19?,20?,21-,22?,23+,24+,25+/m0/s1. The second-order valence-electron chi connectivity index (χ2n) is 11.1. The zero-order valence-corrected chi connectivity index (χ0v) is 18.1. The number of rotatable bonds is 4. The highest BCUT2D eigenvalue weighted by atomic mass is 16.3. The first-order valence-electron chi connectivity index (χ1n) is 11.9. The average molecular weight is 386 g/mol. The van der Waals surface area contributed by atoms with Gasteiger partial charge in [0.1, 0.15) is 5.78 Å². The molecule has 4 aliphatic rings. The lowest BCUT2D eigenvalue weighted by atomic mass is 9.41. The van der Waals surface area contributed by atoms with Crippen LogP contribution in [-0.2, 0) is 4.79 Å². The van der Waals surface area contributed by atoms with Gasteiger partial charge in [0.2, 0.25) is 0 Å². The van der Waals surface area contributed by atoms with Crippen LogP contribution in [0.4, 0.5) is 0 Å². The van der Waals surface area contributed by atoms with Crippen molar-refractivity contribution in [3.05, 3.63) is 0 Å². The molecule has 4 aliphatic carbocycles. The molecule has 4 fully saturated rings. The van der Waals surface area contributed by atoms with Gasteiger partial charge in [-0.2, -0.15) is 5.26 Å². The predicted molar refractivity (Wildman–Crippen MR) is 110 cm³/mol. The average Bonchev–Trinajstić information content (AvgIpc) is 3.00. The van der Waals surface area contributed by atoms with Gasteiger partial charge in [0.25, 0.3) is 0 Å². The number of unbranched alkanes of at least 4 members (excludes halogenated alkanes) is 1. The minimum absolute atomic E-state index is 0.235. The molecule has 0 spiro atoms. The van der Waals surface area contributed by atoms with Gasteiger partial charge in [-0.25, -0.2) is 0 Å². The maximum Gasteiger partial charge on any atom is 0.133 e. The van der Waals surface area contributed by atoms with Crippen molar-refractivity contribution >= 4 is 5.78 Å². The van der Waals surface area contributed by atoms with Gasteiger partial charge >= 0.3 is 0 Å². The number of aliphatic hydroxyl groups excluding tert-OH is 1. The first-order valence-corrected chi connectivity index (χ1v) is 11.9. The first-order chi connectivity index (χ1) is 13.4. The maximum atomic E-state index is 12.3. The zero-order valence-electron chi connectivity index (χ0n) is 18.1. The lowest BCUT2D eigenvalue weighted by Crippen LogP contribution is -2.61. The third kappa shape index (κ3) is 2.89. The van der Waals surface area contributed by atoms with Crippen molar-refractivity contribution in [1.82, 2.24) is 0 Å². The molecule has 0 saturated heterocycles. The minimum Gasteiger partial charge on any atom is -0.393 e. The zero-order chi connectivity index (χ0) is 20.1. The summed E-state index contributed by atoms with van der Waals surface area (Å²) in [5.41, 5.74) is 0.572. The van der Waals surface area contributed by atoms with E-state index < -0.39 is 0 Å². The molecule has 156 valence electrons. The summed E-state index contributed by atoms with van der Waals surface area (Å²) >= 11 is 0. The van der Waals surface area contributed by atoms with Gasteiger partial charge in [-0.3, -0.25) is 4.79 Å². The quantitative estimate of drug-likeness (QED) is 0.649. The summed E-state index contributed by atoms with van der Waals surface area (Å²) in [4.78, 5) is 12.3. The summed E-state index contributed by atoms with van der Waals surface area (Å²) in [5.74, 6) is 3.43. The van der Waals surface area contributed by atoms with Gasteiger partial charge in [0, 0.05) is 19.3 Å². The molecule has 0 amide bonds. The Hall–Kier alpha value is -0.880. The number of ketones is 1. The van der Waals surface area contributed by atoms with E-state index in [0.29, 0.717) is 47.7 Å². The highest BCUT2D eigenvalue weighted by Gasteiger charge is 2.64. The summed E-state index contributed by atoms with van der Waals surface area (Å²) in [5, 5.41) is 20.5. The van der Waals surface area contributed by atoms with E-state index in [-0.39, 0.29) is 17.4 Å². The molecule has 0 radical (unpaired) electrons. The van der Waals surface area contributed by atoms with Gasteiger partial charge in [-0.05, 0) is 91.3 Å². The maximum absolute atomic E-state index is 12.3. The van der Waals surface area contributed by atoms with Crippen molar-refractivity contribution in [3.8, 4) is 6.07 Å². The van der Waals surface area contributed by atoms with E-state index >= 15 is 0 Å². The highest BCUT2D eigenvalue weighted by Crippen LogP contribution is 2.68. The van der Waals surface area contributed by atoms with Gasteiger partial charge in [0.15, 0.2) is 0 Å². The smallest absolute Gasteiger partial charge is 0.133 e. The van der Waals surface area contributed by atoms with Crippen LogP contribution in [0.3, 0.4) is 0 Å². The summed E-state index contributed by atoms with van der Waals surface area (Å²) < 4.78 is 0. The molecule has 0 aromatic rings. The van der Waals surface area contributed by atoms with Crippen LogP contribution in [-0.4, -0.2) is 17.0 Å². The second kappa shape index (κ2) is 7.42. The van der Waals surface area contributed by atoms with Gasteiger partial charge in [0.05, 0.1) is 12.2 Å². The van der Waals surface area contributed by atoms with Crippen LogP contribution in [0, 0.1) is 57.7 Å². The van der Waals surface area contributed by atoms with Gasteiger partial charge in [-0.1, -0.05) is 27.2 Å². The Balaban J connectivity index is 1.63. The molecule has 0 heterocycles. The molecule has 9 atom stereocenters. The van der Waals surface area contributed by atoms with E-state index in [0.717, 1.165) is 31.6 Å². The van der Waals surface area contributed by atoms with E-state index in [4.69, 9.17) is 5.26 Å². The molecule has 4 rings (SSSR count). The summed E-state index contributed by atoms with van der Waals surface area (Å²) in [6.07, 6.45) is 11.2. The monoisotopic (exact) mass is 385 g/mol. The van der Waals surface area contributed by atoms with Crippen LogP contribution in [0.15, 0.2) is 0 Å². The Morgan fingerprint density at radius 1 is 1.11 bits per heavy atom. The predicted octanol–water partition coefficient (Wildman–Crippen LogP) is 5.52. The molecule has 3 nitrogen and oxygen atoms in total. The molecule has 0 bridgehead atoms. The first kappa shape index (κ1) is 20.4. The van der Waals surface area contributed by atoms with E-state index in [1.807, 2.05) is 0 Å². The molecule has 4 unspecified atom stereocenters. The van der Waals surface area contributed by atoms with Crippen LogP contribution in [0.1, 0.15) is 91.4 Å². The molecule has 0 aromatic heterocycles. The van der Waals surface area contributed by atoms with Crippen LogP contribution < -0.4 is 0 Å². The molecule has 0 aromatic carbocycles. The van der Waals surface area contributed by atoms with Crippen molar-refractivity contribution in [2.75, 3.05) is 0 Å². The van der Waals surface area contributed by atoms with Crippen molar-refractivity contribution < 1.29 is 9.90 Å². The normalized spacial score (nSPS) is 50.4. The fraction of sp³-hybridized carbons (Fsp3) is 0.920. The third-order valence-electron chi connectivity index (χ3n) is 10.3. The molecule has 0 aliphatic heterocycles. The number of hydrogen-bond donors (Lipinski definition) is 1. The summed E-state index contributed by atoms with van der Waals surface area (Å²) in [7, 11) is 0. The third-order valence-corrected chi connectivity index (χ3v) is 10.3. The number of aliphatic hydroxyl groups is 1. The van der Waals surface area contributed by atoms with Crippen LogP contribution >= 0.6 is 0 Å². The molecule has 28 heavy (non-hydrogen) atoms. The van der Waals surface area contributed by atoms with Crippen LogP contribution in [0.5, 0.6) is 0 Å². The summed E-state index contributed by atoms with van der Waals surface area (Å²) in [6, 6.07) is 2.31. The van der Waals surface area contributed by atoms with Crippen LogP contribution in [0.2, 0.25) is 0 Å². The largest absolute Gasteiger partial charge is 0.393 e. The number of carbonyl (C=O) groups excluding carboxylic acids is 1.